The predicted octanol–water partition coefficient (Wildman–Crippen LogP) is 18.8. The van der Waals surface area contributed by atoms with Crippen LogP contribution in [0.5, 0.6) is 0 Å². The average Bonchev–Trinajstić information content (AvgIpc) is 1.58. The minimum Gasteiger partial charge on any atom is -0.0622 e. The minimum absolute atomic E-state index is 0.225. The molecule has 11 aliphatic carbocycles. The molecule has 5 atom stereocenters. The number of hydrogen-bond donors (Lipinski definition) is 0. The van der Waals surface area contributed by atoms with E-state index in [2.05, 4.69) is 91.0 Å². The van der Waals surface area contributed by atoms with Crippen LogP contribution in [0, 0.1) is 29.6 Å². The number of rotatable bonds is 5. The van der Waals surface area contributed by atoms with Gasteiger partial charge >= 0.3 is 0 Å². The van der Waals surface area contributed by atoms with E-state index < -0.39 is 5.41 Å². The Morgan fingerprint density at radius 2 is 0.512 bits per heavy atom. The number of hydrogen-bond acceptors (Lipinski definition) is 0. The van der Waals surface area contributed by atoms with Gasteiger partial charge in [-0.25, -0.2) is 0 Å². The van der Waals surface area contributed by atoms with Crippen LogP contribution in [0.4, 0.5) is 0 Å². The molecule has 0 N–H and O–H groups in total. The third-order valence-corrected chi connectivity index (χ3v) is 28.2. The molecule has 0 aromatic heterocycles. The van der Waals surface area contributed by atoms with E-state index in [9.17, 15) is 0 Å². The van der Waals surface area contributed by atoms with E-state index >= 15 is 0 Å². The first-order valence-electron chi connectivity index (χ1n) is 30.1. The van der Waals surface area contributed by atoms with Crippen LogP contribution in [0.15, 0.2) is 91.0 Å². The Labute approximate surface area is 446 Å². The SMILES string of the molecule is c1ccc(C[C@]23[C]4[C]5[C]6[C]7[C]4[C@]4(c8ccccc8)c8c9c%10c%11c(c%12c%13c%14c(c%15c%16c%17c(c2c2c%18c3c4c3c8c4c%10c8c%10c%11c%13c%11c%13c%14c%16c%14c%16c%17c2c2c%17c%18c3c3c4c8c4c(c%11%10)c(c%13%14)c(c%162)c4c%173)[C@]5%15Cc2ccccc2)[C@H]6%12)[C@H]79)cc1. The molecule has 0 heteroatoms. The molecule has 0 amide bonds. The maximum Gasteiger partial charge on any atom is 0.0545 e. The summed E-state index contributed by atoms with van der Waals surface area (Å²) in [6, 6.07) is 36.7. The summed E-state index contributed by atoms with van der Waals surface area (Å²) in [5.41, 5.74) is 20.9. The van der Waals surface area contributed by atoms with Crippen molar-refractivity contribution in [2.24, 2.45) is 0 Å². The van der Waals surface area contributed by atoms with Crippen molar-refractivity contribution in [2.75, 3.05) is 0 Å². The van der Waals surface area contributed by atoms with Gasteiger partial charge in [-0.05, 0) is 301 Å². The van der Waals surface area contributed by atoms with Gasteiger partial charge in [0.15, 0.2) is 0 Å². The fourth-order valence-electron chi connectivity index (χ4n) is 28.0. The first-order valence-corrected chi connectivity index (χ1v) is 30.1. The molecule has 341 valence electrons. The molecule has 0 unspecified atom stereocenters. The van der Waals surface area contributed by atoms with Crippen LogP contribution < -0.4 is 0 Å². The van der Waals surface area contributed by atoms with E-state index in [-0.39, 0.29) is 22.7 Å². The standard InChI is InChI=1S/C80H21/c1-4-10-18(11-5-1)16-78-69-59-49-43-29-27-22-21-23-25-26-24(21)32-34-28(22)30(29)44-46-45(43)57(59)66-68-58(46)60-50(44)48(34)52-38(32)42-36(26)41-40-35(25)39-37-31(23)33(27)47(49)51(37)61(69)63-53(39)54(40)64-65-55(41)56(42)67-62(52)70(60)80(20-14-8-3-9-15-20)75(67)73(65)79(72(64)71(63)78,77(74(66)78)76(68)80)17-19-12-6-2-7-13-19/h1-15,57-58H,16-17H2/t57-,58+,78-,79+,80-/m1/s1. The summed E-state index contributed by atoms with van der Waals surface area (Å²) in [5, 5.41) is 67.1. The Morgan fingerprint density at radius 3 is 0.938 bits per heavy atom. The van der Waals surface area contributed by atoms with E-state index in [1.807, 2.05) is 0 Å². The van der Waals surface area contributed by atoms with Gasteiger partial charge in [-0.15, -0.1) is 0 Å². The molecule has 11 aliphatic rings. The van der Waals surface area contributed by atoms with Gasteiger partial charge in [-0.3, -0.25) is 0 Å². The quantitative estimate of drug-likeness (QED) is 0.151. The first kappa shape index (κ1) is 32.3. The second-order valence-electron chi connectivity index (χ2n) is 29.0. The van der Waals surface area contributed by atoms with E-state index in [4.69, 9.17) is 0 Å². The highest BCUT2D eigenvalue weighted by Gasteiger charge is 2.85. The van der Waals surface area contributed by atoms with Gasteiger partial charge in [0.1, 0.15) is 0 Å². The smallest absolute Gasteiger partial charge is 0.0545 e. The molecule has 1 fully saturated rings. The van der Waals surface area contributed by atoms with Gasteiger partial charge in [-0.2, -0.15) is 0 Å². The van der Waals surface area contributed by atoms with Crippen molar-refractivity contribution >= 4 is 215 Å². The molecule has 24 aromatic rings. The monoisotopic (exact) mass is 981 g/mol. The molecule has 80 heavy (non-hydrogen) atoms. The summed E-state index contributed by atoms with van der Waals surface area (Å²) in [4.78, 5) is 0. The van der Waals surface area contributed by atoms with Crippen LogP contribution in [0.2, 0.25) is 0 Å². The van der Waals surface area contributed by atoms with Crippen LogP contribution >= 0.6 is 0 Å². The predicted molar refractivity (Wildman–Crippen MR) is 326 cm³/mol. The normalized spacial score (nSPS) is 27.0. The fraction of sp³-hybridized carbons (Fsp3) is 0.0875. The van der Waals surface area contributed by atoms with Crippen LogP contribution in [-0.2, 0) is 29.1 Å². The van der Waals surface area contributed by atoms with Crippen molar-refractivity contribution in [3.8, 4) is 0 Å². The van der Waals surface area contributed by atoms with Crippen molar-refractivity contribution in [1.82, 2.24) is 0 Å². The highest BCUT2D eigenvalue weighted by atomic mass is 14.9. The molecule has 1 saturated carbocycles. The van der Waals surface area contributed by atoms with E-state index in [1.54, 1.807) is 301 Å². The Morgan fingerprint density at radius 1 is 0.225 bits per heavy atom. The molecule has 35 rings (SSSR count). The number of benzene rings is 18. The highest BCUT2D eigenvalue weighted by Crippen LogP contribution is 2.95. The zero-order chi connectivity index (χ0) is 48.2. The van der Waals surface area contributed by atoms with E-state index in [0.717, 1.165) is 12.8 Å². The molecule has 24 aromatic carbocycles. The van der Waals surface area contributed by atoms with Crippen molar-refractivity contribution in [3.05, 3.63) is 193 Å². The van der Waals surface area contributed by atoms with E-state index in [1.165, 1.54) is 16.7 Å². The van der Waals surface area contributed by atoms with Crippen LogP contribution in [-0.4, -0.2) is 0 Å². The molecule has 0 nitrogen and oxygen atoms in total. The third-order valence-electron chi connectivity index (χ3n) is 28.2. The molecule has 0 saturated heterocycles. The topological polar surface area (TPSA) is 0 Å². The molecule has 0 spiro atoms. The summed E-state index contributed by atoms with van der Waals surface area (Å²) in [6.07, 6.45) is 2.00. The van der Waals surface area contributed by atoms with Crippen LogP contribution in [0.25, 0.3) is 215 Å². The Kier molecular flexibility index (Phi) is 3.19. The van der Waals surface area contributed by atoms with Gasteiger partial charge in [0.2, 0.25) is 0 Å². The van der Waals surface area contributed by atoms with Crippen molar-refractivity contribution in [3.63, 3.8) is 0 Å². The van der Waals surface area contributed by atoms with Gasteiger partial charge in [0.05, 0.1) is 5.41 Å². The summed E-state index contributed by atoms with van der Waals surface area (Å²) in [6.45, 7) is 0. The Bertz CT molecular complexity index is 7440. The third kappa shape index (κ3) is 1.92. The van der Waals surface area contributed by atoms with E-state index in [0.29, 0.717) is 0 Å². The zero-order valence-electron chi connectivity index (χ0n) is 41.7. The van der Waals surface area contributed by atoms with Gasteiger partial charge in [0.25, 0.3) is 0 Å². The molecule has 5 radical (unpaired) electrons. The average molecular weight is 982 g/mol. The molecule has 0 bridgehead atoms. The van der Waals surface area contributed by atoms with Crippen LogP contribution in [0.3, 0.4) is 0 Å². The Hall–Kier alpha value is -8.84. The molecule has 0 heterocycles. The summed E-state index contributed by atoms with van der Waals surface area (Å²) in [7, 11) is 0. The lowest BCUT2D eigenvalue weighted by molar-refractivity contribution is 0.379. The van der Waals surface area contributed by atoms with Crippen LogP contribution in [0.1, 0.15) is 84.2 Å². The second-order valence-corrected chi connectivity index (χ2v) is 29.0. The molecule has 0 aliphatic heterocycles. The van der Waals surface area contributed by atoms with Gasteiger partial charge in [-0.1, -0.05) is 91.0 Å². The van der Waals surface area contributed by atoms with Crippen molar-refractivity contribution < 1.29 is 0 Å². The molecular weight excluding hydrogens is 961 g/mol. The first-order chi connectivity index (χ1) is 39.9. The zero-order valence-corrected chi connectivity index (χ0v) is 41.7. The lowest BCUT2D eigenvalue weighted by Gasteiger charge is -2.62. The Balaban J connectivity index is 1.05. The maximum atomic E-state index is 2.65. The lowest BCUT2D eigenvalue weighted by Crippen LogP contribution is -2.59. The van der Waals surface area contributed by atoms with Crippen molar-refractivity contribution in [1.29, 1.82) is 0 Å². The minimum atomic E-state index is -0.455. The van der Waals surface area contributed by atoms with Gasteiger partial charge in [0, 0.05) is 52.3 Å². The highest BCUT2D eigenvalue weighted by molar-refractivity contribution is 6.77. The lowest BCUT2D eigenvalue weighted by atomic mass is 9.38. The summed E-state index contributed by atoms with van der Waals surface area (Å²) in [5.74, 6) is 9.42. The van der Waals surface area contributed by atoms with Gasteiger partial charge < -0.3 is 0 Å². The summed E-state index contributed by atoms with van der Waals surface area (Å²) < 4.78 is 0. The summed E-state index contributed by atoms with van der Waals surface area (Å²) >= 11 is 0. The molecular formula is C80H21. The fourth-order valence-corrected chi connectivity index (χ4v) is 28.0. The van der Waals surface area contributed by atoms with Crippen molar-refractivity contribution in [2.45, 2.75) is 40.9 Å². The maximum absolute atomic E-state index is 2.65. The largest absolute Gasteiger partial charge is 0.0622 e. The second kappa shape index (κ2) is 7.90.